The first-order valence-electron chi connectivity index (χ1n) is 6.68. The number of carbonyl (C=O) groups is 2. The standard InChI is InChI=1S/C15H21FN2O3/c1-10-6-5-7-11(16)13(10)17-14(21)18(15(2,3)4)9-8-12(19)20/h5-7H,8-9H2,1-4H3,(H,17,21)(H,19,20). The third-order valence-corrected chi connectivity index (χ3v) is 3.06. The molecule has 0 aliphatic carbocycles. The van der Waals surface area contributed by atoms with Gasteiger partial charge in [0, 0.05) is 12.1 Å². The molecule has 0 fully saturated rings. The minimum Gasteiger partial charge on any atom is -0.481 e. The van der Waals surface area contributed by atoms with E-state index in [9.17, 15) is 14.0 Å². The van der Waals surface area contributed by atoms with Crippen LogP contribution in [0.4, 0.5) is 14.9 Å². The number of nitrogens with one attached hydrogen (secondary N) is 1. The molecule has 0 saturated carbocycles. The molecule has 0 unspecified atom stereocenters. The van der Waals surface area contributed by atoms with Crippen molar-refractivity contribution >= 4 is 17.7 Å². The molecule has 0 saturated heterocycles. The summed E-state index contributed by atoms with van der Waals surface area (Å²) in [7, 11) is 0. The van der Waals surface area contributed by atoms with E-state index in [2.05, 4.69) is 5.32 Å². The van der Waals surface area contributed by atoms with Gasteiger partial charge in [-0.15, -0.1) is 0 Å². The maximum absolute atomic E-state index is 13.8. The topological polar surface area (TPSA) is 69.6 Å². The molecule has 2 amide bonds. The van der Waals surface area contributed by atoms with Crippen molar-refractivity contribution in [2.75, 3.05) is 11.9 Å². The van der Waals surface area contributed by atoms with Gasteiger partial charge in [0.15, 0.2) is 0 Å². The summed E-state index contributed by atoms with van der Waals surface area (Å²) in [6.45, 7) is 7.13. The minimum absolute atomic E-state index is 0.0537. The van der Waals surface area contributed by atoms with Crippen LogP contribution in [0, 0.1) is 12.7 Å². The van der Waals surface area contributed by atoms with Crippen LogP contribution in [0.15, 0.2) is 18.2 Å². The first kappa shape index (κ1) is 16.9. The van der Waals surface area contributed by atoms with Crippen molar-refractivity contribution in [1.29, 1.82) is 0 Å². The molecule has 0 aromatic heterocycles. The zero-order valence-electron chi connectivity index (χ0n) is 12.7. The molecule has 0 bridgehead atoms. The van der Waals surface area contributed by atoms with Crippen molar-refractivity contribution in [2.45, 2.75) is 39.7 Å². The van der Waals surface area contributed by atoms with Crippen molar-refractivity contribution < 1.29 is 19.1 Å². The maximum Gasteiger partial charge on any atom is 0.322 e. The van der Waals surface area contributed by atoms with E-state index in [4.69, 9.17) is 5.11 Å². The molecule has 116 valence electrons. The van der Waals surface area contributed by atoms with Crippen LogP contribution in [0.5, 0.6) is 0 Å². The summed E-state index contributed by atoms with van der Waals surface area (Å²) in [5.41, 5.74) is 0.154. The number of benzene rings is 1. The number of anilines is 1. The zero-order chi connectivity index (χ0) is 16.2. The second-order valence-corrected chi connectivity index (χ2v) is 5.83. The second-order valence-electron chi connectivity index (χ2n) is 5.83. The molecule has 1 rings (SSSR count). The number of carboxylic acids is 1. The van der Waals surface area contributed by atoms with Crippen LogP contribution in [-0.4, -0.2) is 34.1 Å². The maximum atomic E-state index is 13.8. The van der Waals surface area contributed by atoms with Crippen molar-refractivity contribution in [3.05, 3.63) is 29.6 Å². The van der Waals surface area contributed by atoms with Gasteiger partial charge in [-0.1, -0.05) is 12.1 Å². The number of aliphatic carboxylic acids is 1. The average Bonchev–Trinajstić information content (AvgIpc) is 2.32. The fraction of sp³-hybridized carbons (Fsp3) is 0.467. The van der Waals surface area contributed by atoms with Crippen LogP contribution in [-0.2, 0) is 4.79 Å². The summed E-state index contributed by atoms with van der Waals surface area (Å²) < 4.78 is 13.8. The molecule has 1 aromatic rings. The molecule has 2 N–H and O–H groups in total. The Bertz CT molecular complexity index is 518. The highest BCUT2D eigenvalue weighted by atomic mass is 19.1. The summed E-state index contributed by atoms with van der Waals surface area (Å²) in [6.07, 6.45) is -0.166. The molecular weight excluding hydrogens is 275 g/mol. The normalized spacial score (nSPS) is 11.1. The molecule has 0 radical (unpaired) electrons. The molecular formula is C15H21FN2O3. The number of nitrogens with zero attached hydrogens (tertiary/aromatic N) is 1. The molecule has 1 aromatic carbocycles. The smallest absolute Gasteiger partial charge is 0.322 e. The lowest BCUT2D eigenvalue weighted by Gasteiger charge is -2.35. The van der Waals surface area contributed by atoms with Crippen LogP contribution < -0.4 is 5.32 Å². The first-order valence-corrected chi connectivity index (χ1v) is 6.68. The first-order chi connectivity index (χ1) is 9.62. The number of para-hydroxylation sites is 1. The number of carboxylic acid groups (broad SMARTS) is 1. The molecule has 21 heavy (non-hydrogen) atoms. The van der Waals surface area contributed by atoms with E-state index in [1.165, 1.54) is 11.0 Å². The molecule has 0 spiro atoms. The van der Waals surface area contributed by atoms with Gasteiger partial charge in [-0.2, -0.15) is 0 Å². The summed E-state index contributed by atoms with van der Waals surface area (Å²) in [4.78, 5) is 24.4. The molecule has 0 heterocycles. The number of hydrogen-bond donors (Lipinski definition) is 2. The van der Waals surface area contributed by atoms with Gasteiger partial charge in [-0.3, -0.25) is 4.79 Å². The lowest BCUT2D eigenvalue weighted by atomic mass is 10.1. The zero-order valence-corrected chi connectivity index (χ0v) is 12.7. The number of halogens is 1. The van der Waals surface area contributed by atoms with E-state index >= 15 is 0 Å². The van der Waals surface area contributed by atoms with Crippen molar-refractivity contribution in [2.24, 2.45) is 0 Å². The summed E-state index contributed by atoms with van der Waals surface area (Å²) in [6, 6.07) is 4.00. The lowest BCUT2D eigenvalue weighted by Crippen LogP contribution is -2.48. The Labute approximate surface area is 123 Å². The van der Waals surface area contributed by atoms with Gasteiger partial charge in [-0.25, -0.2) is 9.18 Å². The van der Waals surface area contributed by atoms with Gasteiger partial charge >= 0.3 is 12.0 Å². The number of rotatable bonds is 4. The van der Waals surface area contributed by atoms with Crippen molar-refractivity contribution in [3.8, 4) is 0 Å². The number of amides is 2. The summed E-state index contributed by atoms with van der Waals surface area (Å²) >= 11 is 0. The molecule has 0 atom stereocenters. The van der Waals surface area contributed by atoms with Crippen LogP contribution >= 0.6 is 0 Å². The highest BCUT2D eigenvalue weighted by Crippen LogP contribution is 2.21. The molecule has 6 heteroatoms. The highest BCUT2D eigenvalue weighted by molar-refractivity contribution is 5.91. The Morgan fingerprint density at radius 2 is 1.95 bits per heavy atom. The average molecular weight is 296 g/mol. The molecule has 5 nitrogen and oxygen atoms in total. The van der Waals surface area contributed by atoms with Gasteiger partial charge in [0.25, 0.3) is 0 Å². The summed E-state index contributed by atoms with van der Waals surface area (Å²) in [5, 5.41) is 11.3. The Hall–Kier alpha value is -2.11. The predicted molar refractivity (Wildman–Crippen MR) is 78.9 cm³/mol. The lowest BCUT2D eigenvalue weighted by molar-refractivity contribution is -0.137. The number of aryl methyl sites for hydroxylation is 1. The Kier molecular flexibility index (Phi) is 5.29. The SMILES string of the molecule is Cc1cccc(F)c1NC(=O)N(CCC(=O)O)C(C)(C)C. The van der Waals surface area contributed by atoms with E-state index in [1.807, 2.05) is 0 Å². The van der Waals surface area contributed by atoms with Crippen LogP contribution in [0.1, 0.15) is 32.8 Å². The third-order valence-electron chi connectivity index (χ3n) is 3.06. The summed E-state index contributed by atoms with van der Waals surface area (Å²) in [5.74, 6) is -1.51. The monoisotopic (exact) mass is 296 g/mol. The van der Waals surface area contributed by atoms with Gasteiger partial charge < -0.3 is 15.3 Å². The van der Waals surface area contributed by atoms with E-state index in [0.29, 0.717) is 5.56 Å². The van der Waals surface area contributed by atoms with Crippen LogP contribution in [0.2, 0.25) is 0 Å². The second kappa shape index (κ2) is 6.56. The minimum atomic E-state index is -0.987. The predicted octanol–water partition coefficient (Wildman–Crippen LogP) is 3.24. The van der Waals surface area contributed by atoms with Crippen molar-refractivity contribution in [3.63, 3.8) is 0 Å². The Morgan fingerprint density at radius 1 is 1.33 bits per heavy atom. The van der Waals surface area contributed by atoms with E-state index < -0.39 is 23.4 Å². The molecule has 0 aliphatic rings. The van der Waals surface area contributed by atoms with Gasteiger partial charge in [0.2, 0.25) is 0 Å². The Morgan fingerprint density at radius 3 is 2.43 bits per heavy atom. The molecule has 0 aliphatic heterocycles. The third kappa shape index (κ3) is 4.73. The fourth-order valence-corrected chi connectivity index (χ4v) is 1.91. The van der Waals surface area contributed by atoms with Gasteiger partial charge in [-0.05, 0) is 39.3 Å². The van der Waals surface area contributed by atoms with Crippen molar-refractivity contribution in [1.82, 2.24) is 4.90 Å². The van der Waals surface area contributed by atoms with E-state index in [0.717, 1.165) is 0 Å². The fourth-order valence-electron chi connectivity index (χ4n) is 1.91. The number of carbonyl (C=O) groups excluding carboxylic acids is 1. The Balaban J connectivity index is 2.93. The number of hydrogen-bond acceptors (Lipinski definition) is 2. The quantitative estimate of drug-likeness (QED) is 0.896. The number of urea groups is 1. The van der Waals surface area contributed by atoms with Crippen LogP contribution in [0.25, 0.3) is 0 Å². The largest absolute Gasteiger partial charge is 0.481 e. The highest BCUT2D eigenvalue weighted by Gasteiger charge is 2.27. The van der Waals surface area contributed by atoms with E-state index in [-0.39, 0.29) is 18.7 Å². The van der Waals surface area contributed by atoms with Gasteiger partial charge in [0.05, 0.1) is 12.1 Å². The van der Waals surface area contributed by atoms with E-state index in [1.54, 1.807) is 39.8 Å². The van der Waals surface area contributed by atoms with Gasteiger partial charge in [0.1, 0.15) is 5.82 Å². The van der Waals surface area contributed by atoms with Crippen LogP contribution in [0.3, 0.4) is 0 Å².